The highest BCUT2D eigenvalue weighted by molar-refractivity contribution is 5.89. The molecule has 1 N–H and O–H groups in total. The van der Waals surface area contributed by atoms with Gasteiger partial charge in [0.1, 0.15) is 22.7 Å². The summed E-state index contributed by atoms with van der Waals surface area (Å²) in [6, 6.07) is 11.7. The molecule has 1 atom stereocenters. The third-order valence-corrected chi connectivity index (χ3v) is 5.68. The van der Waals surface area contributed by atoms with Crippen LogP contribution in [0, 0.1) is 0 Å². The van der Waals surface area contributed by atoms with E-state index in [0.29, 0.717) is 24.3 Å². The Balaban J connectivity index is 1.26. The highest BCUT2D eigenvalue weighted by Gasteiger charge is 2.32. The molecule has 0 spiro atoms. The Labute approximate surface area is 187 Å². The predicted molar refractivity (Wildman–Crippen MR) is 118 cm³/mol. The van der Waals surface area contributed by atoms with Crippen LogP contribution in [-0.2, 0) is 19.3 Å². The zero-order chi connectivity index (χ0) is 23.2. The van der Waals surface area contributed by atoms with Gasteiger partial charge in [-0.1, -0.05) is 12.1 Å². The zero-order valence-corrected chi connectivity index (χ0v) is 18.0. The summed E-state index contributed by atoms with van der Waals surface area (Å²) >= 11 is 0. The maximum atomic E-state index is 12.6. The lowest BCUT2D eigenvalue weighted by Crippen LogP contribution is -2.37. The van der Waals surface area contributed by atoms with Gasteiger partial charge in [0.25, 0.3) is 0 Å². The SMILES string of the molecule is C[C@H]1Cn2ccc3nc(NCc4ccc(Oc5ccc(C(F)(F)F)nc5)cc4)nc(c32)N1C. The van der Waals surface area contributed by atoms with Gasteiger partial charge in [-0.15, -0.1) is 0 Å². The first-order chi connectivity index (χ1) is 15.8. The van der Waals surface area contributed by atoms with E-state index < -0.39 is 11.9 Å². The highest BCUT2D eigenvalue weighted by Crippen LogP contribution is 2.32. The van der Waals surface area contributed by atoms with Crippen LogP contribution in [0.15, 0.2) is 54.9 Å². The van der Waals surface area contributed by atoms with Crippen molar-refractivity contribution in [1.82, 2.24) is 19.5 Å². The van der Waals surface area contributed by atoms with E-state index in [4.69, 9.17) is 9.72 Å². The summed E-state index contributed by atoms with van der Waals surface area (Å²) in [6.45, 7) is 3.57. The van der Waals surface area contributed by atoms with Gasteiger partial charge in [0.05, 0.1) is 11.7 Å². The highest BCUT2D eigenvalue weighted by atomic mass is 19.4. The molecule has 0 amide bonds. The molecule has 33 heavy (non-hydrogen) atoms. The topological polar surface area (TPSA) is 68.1 Å². The molecule has 3 aromatic heterocycles. The zero-order valence-electron chi connectivity index (χ0n) is 18.0. The number of aromatic nitrogens is 4. The van der Waals surface area contributed by atoms with E-state index in [1.807, 2.05) is 31.4 Å². The number of nitrogens with one attached hydrogen (secondary N) is 1. The molecule has 10 heteroatoms. The Hall–Kier alpha value is -3.82. The van der Waals surface area contributed by atoms with Gasteiger partial charge in [-0.25, -0.2) is 9.97 Å². The summed E-state index contributed by atoms with van der Waals surface area (Å²) in [5, 5.41) is 3.27. The van der Waals surface area contributed by atoms with Crippen molar-refractivity contribution >= 4 is 22.8 Å². The standard InChI is InChI=1S/C23H21F3N6O/c1-14-13-32-10-9-18-20(32)21(31(14)2)30-22(29-18)28-11-15-3-5-16(6-4-15)33-17-7-8-19(27-12-17)23(24,25)26/h3-10,12,14H,11,13H2,1-2H3,(H,28,29,30)/t14-/m0/s1. The molecular formula is C23H21F3N6O. The molecule has 0 unspecified atom stereocenters. The molecule has 7 nitrogen and oxygen atoms in total. The minimum absolute atomic E-state index is 0.231. The minimum atomic E-state index is -4.48. The number of anilines is 2. The molecule has 1 aromatic carbocycles. The Bertz CT molecular complexity index is 1280. The number of pyridine rings is 1. The predicted octanol–water partition coefficient (Wildman–Crippen LogP) is 5.09. The van der Waals surface area contributed by atoms with Crippen LogP contribution >= 0.6 is 0 Å². The number of alkyl halides is 3. The lowest BCUT2D eigenvalue weighted by Gasteiger charge is -2.32. The maximum absolute atomic E-state index is 12.6. The van der Waals surface area contributed by atoms with Crippen LogP contribution in [0.3, 0.4) is 0 Å². The van der Waals surface area contributed by atoms with Gasteiger partial charge < -0.3 is 19.5 Å². The van der Waals surface area contributed by atoms with Crippen LogP contribution < -0.4 is 15.0 Å². The van der Waals surface area contributed by atoms with Crippen LogP contribution in [0.1, 0.15) is 18.2 Å². The van der Waals surface area contributed by atoms with Crippen molar-refractivity contribution in [2.75, 3.05) is 17.3 Å². The average Bonchev–Trinajstić information content (AvgIpc) is 3.19. The molecule has 0 saturated carbocycles. The van der Waals surface area contributed by atoms with E-state index in [1.165, 1.54) is 6.07 Å². The molecule has 0 bridgehead atoms. The molecule has 4 aromatic rings. The van der Waals surface area contributed by atoms with Gasteiger partial charge in [-0.2, -0.15) is 18.2 Å². The first-order valence-electron chi connectivity index (χ1n) is 10.4. The third-order valence-electron chi connectivity index (χ3n) is 5.68. The second-order valence-corrected chi connectivity index (χ2v) is 8.01. The van der Waals surface area contributed by atoms with Crippen molar-refractivity contribution < 1.29 is 17.9 Å². The summed E-state index contributed by atoms with van der Waals surface area (Å²) in [6.07, 6.45) is -1.37. The lowest BCUT2D eigenvalue weighted by molar-refractivity contribution is -0.141. The van der Waals surface area contributed by atoms with Gasteiger partial charge in [0.2, 0.25) is 5.95 Å². The molecule has 4 heterocycles. The monoisotopic (exact) mass is 454 g/mol. The molecule has 5 rings (SSSR count). The normalized spacial score (nSPS) is 15.7. The van der Waals surface area contributed by atoms with Gasteiger partial charge in [0.15, 0.2) is 5.82 Å². The molecule has 1 aliphatic rings. The number of halogens is 3. The van der Waals surface area contributed by atoms with E-state index >= 15 is 0 Å². The first kappa shape index (κ1) is 21.0. The number of benzene rings is 1. The summed E-state index contributed by atoms with van der Waals surface area (Å²) in [7, 11) is 2.04. The molecule has 170 valence electrons. The lowest BCUT2D eigenvalue weighted by atomic mass is 10.2. The number of hydrogen-bond acceptors (Lipinski definition) is 6. The number of likely N-dealkylation sites (N-methyl/N-ethyl adjacent to an activating group) is 1. The second-order valence-electron chi connectivity index (χ2n) is 8.01. The minimum Gasteiger partial charge on any atom is -0.456 e. The van der Waals surface area contributed by atoms with Crippen molar-refractivity contribution in [2.24, 2.45) is 0 Å². The summed E-state index contributed by atoms with van der Waals surface area (Å²) in [5.41, 5.74) is 1.96. The molecule has 0 fully saturated rings. The quantitative estimate of drug-likeness (QED) is 0.453. The van der Waals surface area contributed by atoms with E-state index in [9.17, 15) is 13.2 Å². The van der Waals surface area contributed by atoms with E-state index in [-0.39, 0.29) is 5.75 Å². The van der Waals surface area contributed by atoms with Crippen molar-refractivity contribution in [1.29, 1.82) is 0 Å². The van der Waals surface area contributed by atoms with E-state index in [1.54, 1.807) is 12.1 Å². The smallest absolute Gasteiger partial charge is 0.433 e. The van der Waals surface area contributed by atoms with Gasteiger partial charge >= 0.3 is 6.18 Å². The maximum Gasteiger partial charge on any atom is 0.433 e. The number of hydrogen-bond donors (Lipinski definition) is 1. The first-order valence-corrected chi connectivity index (χ1v) is 10.4. The number of rotatable bonds is 5. The summed E-state index contributed by atoms with van der Waals surface area (Å²) in [4.78, 5) is 14.9. The Morgan fingerprint density at radius 2 is 1.82 bits per heavy atom. The fourth-order valence-corrected chi connectivity index (χ4v) is 3.78. The molecular weight excluding hydrogens is 433 g/mol. The van der Waals surface area contributed by atoms with Crippen LogP contribution in [0.4, 0.5) is 24.9 Å². The van der Waals surface area contributed by atoms with E-state index in [0.717, 1.165) is 41.2 Å². The van der Waals surface area contributed by atoms with Gasteiger partial charge in [-0.05, 0) is 42.8 Å². The Kier molecular flexibility index (Phi) is 5.07. The fourth-order valence-electron chi connectivity index (χ4n) is 3.78. The van der Waals surface area contributed by atoms with Crippen molar-refractivity contribution in [3.63, 3.8) is 0 Å². The second kappa shape index (κ2) is 7.95. The van der Waals surface area contributed by atoms with Crippen LogP contribution in [0.2, 0.25) is 0 Å². The Morgan fingerprint density at radius 1 is 1.06 bits per heavy atom. The van der Waals surface area contributed by atoms with Crippen LogP contribution in [0.5, 0.6) is 11.5 Å². The molecule has 0 radical (unpaired) electrons. The van der Waals surface area contributed by atoms with Crippen molar-refractivity contribution in [3.05, 3.63) is 66.1 Å². The van der Waals surface area contributed by atoms with Crippen molar-refractivity contribution in [3.8, 4) is 11.5 Å². The van der Waals surface area contributed by atoms with Crippen LogP contribution in [0.25, 0.3) is 11.0 Å². The largest absolute Gasteiger partial charge is 0.456 e. The van der Waals surface area contributed by atoms with Crippen molar-refractivity contribution in [2.45, 2.75) is 32.2 Å². The molecule has 1 aliphatic heterocycles. The average molecular weight is 454 g/mol. The number of nitrogens with zero attached hydrogens (tertiary/aromatic N) is 5. The molecule has 0 saturated heterocycles. The summed E-state index contributed by atoms with van der Waals surface area (Å²) in [5.74, 6) is 2.18. The third kappa shape index (κ3) is 4.15. The van der Waals surface area contributed by atoms with Crippen LogP contribution in [-0.4, -0.2) is 32.6 Å². The van der Waals surface area contributed by atoms with E-state index in [2.05, 4.69) is 31.7 Å². The number of ether oxygens (including phenoxy) is 1. The summed E-state index contributed by atoms with van der Waals surface area (Å²) < 4.78 is 45.6. The Morgan fingerprint density at radius 3 is 2.52 bits per heavy atom. The fraction of sp³-hybridized carbons (Fsp3) is 0.261. The van der Waals surface area contributed by atoms with Gasteiger partial charge in [-0.3, -0.25) is 0 Å². The van der Waals surface area contributed by atoms with Gasteiger partial charge in [0, 0.05) is 32.4 Å². The molecule has 0 aliphatic carbocycles.